The number of carbonyl (C=O) groups excluding carboxylic acids is 1. The average Bonchev–Trinajstić information content (AvgIpc) is 2.28. The Morgan fingerprint density at radius 3 is 2.55 bits per heavy atom. The van der Waals surface area contributed by atoms with Crippen LogP contribution in [0.4, 0.5) is 0 Å². The van der Waals surface area contributed by atoms with Gasteiger partial charge < -0.3 is 10.1 Å². The summed E-state index contributed by atoms with van der Waals surface area (Å²) in [6.07, 6.45) is 0.245. The number of nitrogens with two attached hydrogens (primary N) is 1. The summed E-state index contributed by atoms with van der Waals surface area (Å²) in [7, 11) is -3.71. The molecular weight excluding hydrogens is 280 g/mol. The predicted molar refractivity (Wildman–Crippen MR) is 75.9 cm³/mol. The normalized spacial score (nSPS) is 11.4. The fourth-order valence-electron chi connectivity index (χ4n) is 1.61. The number of benzene rings is 1. The van der Waals surface area contributed by atoms with Gasteiger partial charge in [-0.2, -0.15) is 0 Å². The van der Waals surface area contributed by atoms with Gasteiger partial charge >= 0.3 is 0 Å². The van der Waals surface area contributed by atoms with E-state index >= 15 is 0 Å². The zero-order valence-corrected chi connectivity index (χ0v) is 12.7. The van der Waals surface area contributed by atoms with Crippen molar-refractivity contribution in [2.75, 3.05) is 6.61 Å². The van der Waals surface area contributed by atoms with Crippen LogP contribution in [-0.4, -0.2) is 27.0 Å². The van der Waals surface area contributed by atoms with E-state index in [-0.39, 0.29) is 29.9 Å². The van der Waals surface area contributed by atoms with E-state index in [9.17, 15) is 13.2 Å². The van der Waals surface area contributed by atoms with Gasteiger partial charge in [0.25, 0.3) is 0 Å². The van der Waals surface area contributed by atoms with Gasteiger partial charge in [0, 0.05) is 6.04 Å². The van der Waals surface area contributed by atoms with Gasteiger partial charge in [0.15, 0.2) is 0 Å². The molecule has 1 rings (SSSR count). The Morgan fingerprint density at radius 2 is 2.05 bits per heavy atom. The van der Waals surface area contributed by atoms with Crippen LogP contribution in [0.25, 0.3) is 0 Å². The van der Waals surface area contributed by atoms with Gasteiger partial charge in [-0.25, -0.2) is 13.6 Å². The summed E-state index contributed by atoms with van der Waals surface area (Å²) in [6.45, 7) is 5.72. The first-order chi connectivity index (χ1) is 9.20. The fraction of sp³-hybridized carbons (Fsp3) is 0.462. The Hall–Kier alpha value is -1.60. The lowest BCUT2D eigenvalue weighted by Gasteiger charge is -2.11. The van der Waals surface area contributed by atoms with E-state index < -0.39 is 10.0 Å². The van der Waals surface area contributed by atoms with Crippen molar-refractivity contribution in [1.82, 2.24) is 5.32 Å². The van der Waals surface area contributed by atoms with Crippen LogP contribution in [0.5, 0.6) is 5.75 Å². The zero-order chi connectivity index (χ0) is 15.3. The Labute approximate surface area is 119 Å². The molecule has 1 aromatic carbocycles. The highest BCUT2D eigenvalue weighted by Gasteiger charge is 2.10. The van der Waals surface area contributed by atoms with Crippen molar-refractivity contribution in [2.24, 2.45) is 5.14 Å². The first kappa shape index (κ1) is 16.5. The lowest BCUT2D eigenvalue weighted by Crippen LogP contribution is -2.31. The molecule has 0 unspecified atom stereocenters. The maximum absolute atomic E-state index is 11.4. The molecule has 0 bridgehead atoms. The lowest BCUT2D eigenvalue weighted by atomic mass is 10.2. The van der Waals surface area contributed by atoms with Crippen LogP contribution in [0, 0.1) is 6.92 Å². The van der Waals surface area contributed by atoms with Gasteiger partial charge in [-0.15, -0.1) is 0 Å². The molecule has 0 aliphatic rings. The highest BCUT2D eigenvalue weighted by molar-refractivity contribution is 7.89. The second-order valence-electron chi connectivity index (χ2n) is 4.79. The Morgan fingerprint density at radius 1 is 1.40 bits per heavy atom. The predicted octanol–water partition coefficient (Wildman–Crippen LogP) is 0.936. The minimum absolute atomic E-state index is 0.0416. The van der Waals surface area contributed by atoms with Crippen LogP contribution in [0.15, 0.2) is 23.1 Å². The monoisotopic (exact) mass is 300 g/mol. The van der Waals surface area contributed by atoms with Gasteiger partial charge in [0.05, 0.1) is 17.9 Å². The number of rotatable bonds is 6. The van der Waals surface area contributed by atoms with Crippen LogP contribution in [0.1, 0.15) is 25.8 Å². The number of amides is 1. The molecule has 0 spiro atoms. The van der Waals surface area contributed by atoms with E-state index in [1.54, 1.807) is 6.92 Å². The van der Waals surface area contributed by atoms with Crippen LogP contribution >= 0.6 is 0 Å². The first-order valence-corrected chi connectivity index (χ1v) is 7.80. The van der Waals surface area contributed by atoms with Crippen LogP contribution in [-0.2, 0) is 14.8 Å². The third-order valence-electron chi connectivity index (χ3n) is 2.51. The van der Waals surface area contributed by atoms with E-state index in [2.05, 4.69) is 5.32 Å². The van der Waals surface area contributed by atoms with Crippen molar-refractivity contribution >= 4 is 15.9 Å². The number of carbonyl (C=O) groups is 1. The van der Waals surface area contributed by atoms with E-state index in [0.717, 1.165) is 0 Å². The van der Waals surface area contributed by atoms with Crippen LogP contribution in [0.3, 0.4) is 0 Å². The van der Waals surface area contributed by atoms with Crippen molar-refractivity contribution in [2.45, 2.75) is 38.1 Å². The highest BCUT2D eigenvalue weighted by Crippen LogP contribution is 2.21. The average molecular weight is 300 g/mol. The number of nitrogens with one attached hydrogen (secondary N) is 1. The molecule has 0 heterocycles. The van der Waals surface area contributed by atoms with Gasteiger partial charge in [-0.1, -0.05) is 0 Å². The third-order valence-corrected chi connectivity index (χ3v) is 3.42. The molecule has 0 aliphatic heterocycles. The molecule has 0 saturated heterocycles. The largest absolute Gasteiger partial charge is 0.493 e. The molecule has 3 N–H and O–H groups in total. The maximum Gasteiger partial charge on any atom is 0.238 e. The molecule has 6 nitrogen and oxygen atoms in total. The summed E-state index contributed by atoms with van der Waals surface area (Å²) in [5, 5.41) is 7.80. The van der Waals surface area contributed by atoms with Gasteiger partial charge in [0.2, 0.25) is 15.9 Å². The number of sulfonamides is 1. The van der Waals surface area contributed by atoms with Gasteiger partial charge in [-0.3, -0.25) is 4.79 Å². The Kier molecular flexibility index (Phi) is 5.52. The second-order valence-corrected chi connectivity index (χ2v) is 6.35. The molecule has 0 aromatic heterocycles. The van der Waals surface area contributed by atoms with Crippen molar-refractivity contribution < 1.29 is 17.9 Å². The first-order valence-electron chi connectivity index (χ1n) is 6.26. The Bertz CT molecular complexity index is 582. The van der Waals surface area contributed by atoms with E-state index in [1.165, 1.54) is 18.2 Å². The summed E-state index contributed by atoms with van der Waals surface area (Å²) in [4.78, 5) is 11.5. The molecule has 7 heteroatoms. The number of hydrogen-bond acceptors (Lipinski definition) is 4. The van der Waals surface area contributed by atoms with Crippen molar-refractivity contribution in [3.8, 4) is 5.75 Å². The minimum Gasteiger partial charge on any atom is -0.493 e. The lowest BCUT2D eigenvalue weighted by molar-refractivity contribution is -0.122. The fourth-order valence-corrected chi connectivity index (χ4v) is 2.21. The summed E-state index contributed by atoms with van der Waals surface area (Å²) >= 11 is 0. The van der Waals surface area contributed by atoms with E-state index in [1.807, 2.05) is 13.8 Å². The van der Waals surface area contributed by atoms with Crippen molar-refractivity contribution in [1.29, 1.82) is 0 Å². The standard InChI is InChI=1S/C13H20N2O4S/c1-9(2)15-13(16)6-7-19-12-5-4-11(8-10(12)3)20(14,17)18/h4-5,8-9H,6-7H2,1-3H3,(H,15,16)(H2,14,17,18). The van der Waals surface area contributed by atoms with Crippen molar-refractivity contribution in [3.63, 3.8) is 0 Å². The smallest absolute Gasteiger partial charge is 0.238 e. The summed E-state index contributed by atoms with van der Waals surface area (Å²) in [5.41, 5.74) is 0.654. The Balaban J connectivity index is 2.60. The van der Waals surface area contributed by atoms with E-state index in [4.69, 9.17) is 9.88 Å². The topological polar surface area (TPSA) is 98.5 Å². The molecule has 112 valence electrons. The molecule has 0 fully saturated rings. The van der Waals surface area contributed by atoms with Gasteiger partial charge in [-0.05, 0) is 44.5 Å². The zero-order valence-electron chi connectivity index (χ0n) is 11.8. The maximum atomic E-state index is 11.4. The quantitative estimate of drug-likeness (QED) is 0.816. The molecule has 0 saturated carbocycles. The summed E-state index contributed by atoms with van der Waals surface area (Å²) in [6, 6.07) is 4.46. The number of hydrogen-bond donors (Lipinski definition) is 2. The molecule has 0 atom stereocenters. The molecule has 0 radical (unpaired) electrons. The molecule has 20 heavy (non-hydrogen) atoms. The van der Waals surface area contributed by atoms with Crippen molar-refractivity contribution in [3.05, 3.63) is 23.8 Å². The summed E-state index contributed by atoms with van der Waals surface area (Å²) < 4.78 is 27.8. The molecule has 0 aliphatic carbocycles. The minimum atomic E-state index is -3.71. The third kappa shape index (κ3) is 5.18. The van der Waals surface area contributed by atoms with Gasteiger partial charge in [0.1, 0.15) is 5.75 Å². The van der Waals surface area contributed by atoms with E-state index in [0.29, 0.717) is 11.3 Å². The summed E-state index contributed by atoms with van der Waals surface area (Å²) in [5.74, 6) is 0.452. The number of primary sulfonamides is 1. The second kappa shape index (κ2) is 6.71. The molecule has 1 amide bonds. The number of aryl methyl sites for hydroxylation is 1. The van der Waals surface area contributed by atoms with Crippen LogP contribution < -0.4 is 15.2 Å². The number of ether oxygens (including phenoxy) is 1. The highest BCUT2D eigenvalue weighted by atomic mass is 32.2. The SMILES string of the molecule is Cc1cc(S(N)(=O)=O)ccc1OCCC(=O)NC(C)C. The molecular formula is C13H20N2O4S. The molecule has 1 aromatic rings. The van der Waals surface area contributed by atoms with Crippen LogP contribution in [0.2, 0.25) is 0 Å².